The number of nitrogens with one attached hydrogen (secondary N) is 2. The molecule has 6 nitrogen and oxygen atoms in total. The monoisotopic (exact) mass is 364 g/mol. The number of benzene rings is 1. The van der Waals surface area contributed by atoms with Crippen molar-refractivity contribution < 1.29 is 9.53 Å². The van der Waals surface area contributed by atoms with Crippen LogP contribution >= 0.6 is 12.4 Å². The lowest BCUT2D eigenvalue weighted by Crippen LogP contribution is -2.34. The average Bonchev–Trinajstić information content (AvgIpc) is 3.11. The highest BCUT2D eigenvalue weighted by molar-refractivity contribution is 5.92. The Labute approximate surface area is 154 Å². The van der Waals surface area contributed by atoms with Gasteiger partial charge in [-0.05, 0) is 44.5 Å². The summed E-state index contributed by atoms with van der Waals surface area (Å²) in [5, 5.41) is 10.7. The Balaban J connectivity index is 0.00000225. The number of para-hydroxylation sites is 1. The maximum absolute atomic E-state index is 12.2. The van der Waals surface area contributed by atoms with Crippen molar-refractivity contribution in [1.29, 1.82) is 0 Å². The van der Waals surface area contributed by atoms with E-state index < -0.39 is 0 Å². The third kappa shape index (κ3) is 5.47. The van der Waals surface area contributed by atoms with Crippen LogP contribution in [0.1, 0.15) is 36.3 Å². The fourth-order valence-electron chi connectivity index (χ4n) is 2.82. The van der Waals surface area contributed by atoms with Gasteiger partial charge >= 0.3 is 0 Å². The number of amides is 1. The Morgan fingerprint density at radius 3 is 2.92 bits per heavy atom. The smallest absolute Gasteiger partial charge is 0.271 e. The quantitative estimate of drug-likeness (QED) is 0.826. The molecule has 2 atom stereocenters. The van der Waals surface area contributed by atoms with Gasteiger partial charge in [-0.3, -0.25) is 9.48 Å². The molecule has 1 aromatic heterocycles. The van der Waals surface area contributed by atoms with Crippen LogP contribution in [-0.2, 0) is 0 Å². The number of hydrogen-bond donors (Lipinski definition) is 2. The molecule has 25 heavy (non-hydrogen) atoms. The van der Waals surface area contributed by atoms with Crippen LogP contribution in [0.25, 0.3) is 0 Å². The van der Waals surface area contributed by atoms with Crippen molar-refractivity contribution in [2.45, 2.75) is 31.9 Å². The van der Waals surface area contributed by atoms with Crippen LogP contribution in [-0.4, -0.2) is 41.4 Å². The van der Waals surface area contributed by atoms with Gasteiger partial charge in [0.1, 0.15) is 17.5 Å². The Morgan fingerprint density at radius 1 is 1.40 bits per heavy atom. The number of nitrogens with zero attached hydrogens (tertiary/aromatic N) is 2. The van der Waals surface area contributed by atoms with Gasteiger partial charge in [-0.25, -0.2) is 0 Å². The molecular weight excluding hydrogens is 340 g/mol. The number of carbonyl (C=O) groups excluding carboxylic acids is 1. The number of ether oxygens (including phenoxy) is 1. The SMILES string of the molecule is CC(CNC(=O)c1ccn(C2CCCNC2)n1)Oc1ccccc1.Cl. The van der Waals surface area contributed by atoms with E-state index in [9.17, 15) is 4.79 Å². The largest absolute Gasteiger partial charge is 0.489 e. The fraction of sp³-hybridized carbons (Fsp3) is 0.444. The second-order valence-corrected chi connectivity index (χ2v) is 6.13. The van der Waals surface area contributed by atoms with E-state index in [0.717, 1.165) is 31.7 Å². The van der Waals surface area contributed by atoms with E-state index in [-0.39, 0.29) is 24.4 Å². The summed E-state index contributed by atoms with van der Waals surface area (Å²) in [6.07, 6.45) is 4.01. The molecule has 1 aromatic carbocycles. The Kier molecular flexibility index (Phi) is 7.28. The third-order valence-corrected chi connectivity index (χ3v) is 4.12. The summed E-state index contributed by atoms with van der Waals surface area (Å²) in [7, 11) is 0. The van der Waals surface area contributed by atoms with E-state index >= 15 is 0 Å². The molecule has 3 rings (SSSR count). The summed E-state index contributed by atoms with van der Waals surface area (Å²) in [6.45, 7) is 4.33. The van der Waals surface area contributed by atoms with E-state index in [0.29, 0.717) is 18.3 Å². The predicted octanol–water partition coefficient (Wildman–Crippen LogP) is 2.43. The number of carbonyl (C=O) groups is 1. The number of aromatic nitrogens is 2. The number of piperidine rings is 1. The summed E-state index contributed by atoms with van der Waals surface area (Å²) >= 11 is 0. The molecule has 2 N–H and O–H groups in total. The highest BCUT2D eigenvalue weighted by Gasteiger charge is 2.18. The minimum atomic E-state index is -0.166. The van der Waals surface area contributed by atoms with Crippen LogP contribution in [0.15, 0.2) is 42.6 Å². The van der Waals surface area contributed by atoms with Crippen molar-refractivity contribution in [3.63, 3.8) is 0 Å². The molecule has 0 bridgehead atoms. The molecule has 1 amide bonds. The molecule has 136 valence electrons. The maximum atomic E-state index is 12.2. The standard InChI is InChI=1S/C18H24N4O2.ClH/c1-14(24-16-7-3-2-4-8-16)12-20-18(23)17-9-11-22(21-17)15-6-5-10-19-13-15;/h2-4,7-9,11,14-15,19H,5-6,10,12-13H2,1H3,(H,20,23);1H. The lowest BCUT2D eigenvalue weighted by atomic mass is 10.1. The van der Waals surface area contributed by atoms with Crippen molar-refractivity contribution >= 4 is 18.3 Å². The highest BCUT2D eigenvalue weighted by Crippen LogP contribution is 2.15. The van der Waals surface area contributed by atoms with Crippen LogP contribution < -0.4 is 15.4 Å². The molecule has 1 aliphatic heterocycles. The van der Waals surface area contributed by atoms with Gasteiger partial charge in [-0.1, -0.05) is 18.2 Å². The molecular formula is C18H25ClN4O2. The molecule has 1 fully saturated rings. The van der Waals surface area contributed by atoms with Crippen molar-refractivity contribution in [3.05, 3.63) is 48.3 Å². The van der Waals surface area contributed by atoms with Crippen molar-refractivity contribution in [3.8, 4) is 5.75 Å². The predicted molar refractivity (Wildman–Crippen MR) is 99.5 cm³/mol. The van der Waals surface area contributed by atoms with Crippen LogP contribution in [0.5, 0.6) is 5.75 Å². The molecule has 1 saturated heterocycles. The van der Waals surface area contributed by atoms with Crippen LogP contribution in [0, 0.1) is 0 Å². The zero-order chi connectivity index (χ0) is 16.8. The van der Waals surface area contributed by atoms with Crippen molar-refractivity contribution in [2.75, 3.05) is 19.6 Å². The molecule has 2 heterocycles. The maximum Gasteiger partial charge on any atom is 0.271 e. The Morgan fingerprint density at radius 2 is 2.20 bits per heavy atom. The molecule has 0 radical (unpaired) electrons. The van der Waals surface area contributed by atoms with Gasteiger partial charge in [0.25, 0.3) is 5.91 Å². The first-order chi connectivity index (χ1) is 11.7. The van der Waals surface area contributed by atoms with Crippen molar-refractivity contribution in [1.82, 2.24) is 20.4 Å². The van der Waals surface area contributed by atoms with Gasteiger partial charge < -0.3 is 15.4 Å². The summed E-state index contributed by atoms with van der Waals surface area (Å²) in [5.41, 5.74) is 0.451. The van der Waals surface area contributed by atoms with E-state index in [1.807, 2.05) is 48.1 Å². The molecule has 0 spiro atoms. The summed E-state index contributed by atoms with van der Waals surface area (Å²) < 4.78 is 7.65. The summed E-state index contributed by atoms with van der Waals surface area (Å²) in [6, 6.07) is 11.7. The summed E-state index contributed by atoms with van der Waals surface area (Å²) in [5.74, 6) is 0.634. The zero-order valence-corrected chi connectivity index (χ0v) is 15.2. The third-order valence-electron chi connectivity index (χ3n) is 4.12. The minimum Gasteiger partial charge on any atom is -0.489 e. The molecule has 0 saturated carbocycles. The molecule has 1 aliphatic rings. The molecule has 2 aromatic rings. The van der Waals surface area contributed by atoms with Crippen LogP contribution in [0.3, 0.4) is 0 Å². The Hall–Kier alpha value is -2.05. The number of rotatable bonds is 6. The van der Waals surface area contributed by atoms with E-state index in [1.54, 1.807) is 6.07 Å². The average molecular weight is 365 g/mol. The second-order valence-electron chi connectivity index (χ2n) is 6.13. The first-order valence-electron chi connectivity index (χ1n) is 8.48. The lowest BCUT2D eigenvalue weighted by molar-refractivity contribution is 0.0926. The van der Waals surface area contributed by atoms with Gasteiger partial charge in [0.05, 0.1) is 12.6 Å². The Bertz CT molecular complexity index is 656. The summed E-state index contributed by atoms with van der Waals surface area (Å²) in [4.78, 5) is 12.2. The molecule has 7 heteroatoms. The zero-order valence-electron chi connectivity index (χ0n) is 14.4. The van der Waals surface area contributed by atoms with E-state index in [2.05, 4.69) is 15.7 Å². The number of halogens is 1. The fourth-order valence-corrected chi connectivity index (χ4v) is 2.82. The molecule has 0 aliphatic carbocycles. The van der Waals surface area contributed by atoms with Crippen molar-refractivity contribution in [2.24, 2.45) is 0 Å². The van der Waals surface area contributed by atoms with E-state index in [1.165, 1.54) is 0 Å². The first kappa shape index (κ1) is 19.3. The lowest BCUT2D eigenvalue weighted by Gasteiger charge is -2.22. The topological polar surface area (TPSA) is 68.2 Å². The molecule has 2 unspecified atom stereocenters. The number of hydrogen-bond acceptors (Lipinski definition) is 4. The minimum absolute atomic E-state index is 0. The second kappa shape index (κ2) is 9.44. The van der Waals surface area contributed by atoms with Gasteiger partial charge in [-0.15, -0.1) is 12.4 Å². The normalized spacial score (nSPS) is 18.0. The van der Waals surface area contributed by atoms with E-state index in [4.69, 9.17) is 4.74 Å². The van der Waals surface area contributed by atoms with Crippen LogP contribution in [0.4, 0.5) is 0 Å². The van der Waals surface area contributed by atoms with Gasteiger partial charge in [0.15, 0.2) is 0 Å². The van der Waals surface area contributed by atoms with Gasteiger partial charge in [0, 0.05) is 12.7 Å². The van der Waals surface area contributed by atoms with Crippen LogP contribution in [0.2, 0.25) is 0 Å². The highest BCUT2D eigenvalue weighted by atomic mass is 35.5. The van der Waals surface area contributed by atoms with Gasteiger partial charge in [-0.2, -0.15) is 5.10 Å². The first-order valence-corrected chi connectivity index (χ1v) is 8.48. The van der Waals surface area contributed by atoms with Gasteiger partial charge in [0.2, 0.25) is 0 Å².